The first-order chi connectivity index (χ1) is 10.1. The van der Waals surface area contributed by atoms with Crippen molar-refractivity contribution in [2.24, 2.45) is 5.73 Å². The molecule has 0 aliphatic heterocycles. The molecule has 4 nitrogen and oxygen atoms in total. The van der Waals surface area contributed by atoms with Gasteiger partial charge in [-0.2, -0.15) is 0 Å². The van der Waals surface area contributed by atoms with Gasteiger partial charge in [0, 0.05) is 5.56 Å². The minimum absolute atomic E-state index is 0. The Morgan fingerprint density at radius 1 is 0.955 bits per heavy atom. The maximum absolute atomic E-state index is 12.0. The summed E-state index contributed by atoms with van der Waals surface area (Å²) in [5.74, 6) is -0.115. The fourth-order valence-corrected chi connectivity index (χ4v) is 1.87. The topological polar surface area (TPSA) is 69.4 Å². The Bertz CT molecular complexity index is 636. The summed E-state index contributed by atoms with van der Waals surface area (Å²) in [6.45, 7) is 2.01. The summed E-state index contributed by atoms with van der Waals surface area (Å²) < 4.78 is 5.28. The third-order valence-corrected chi connectivity index (χ3v) is 3.17. The summed E-state index contributed by atoms with van der Waals surface area (Å²) in [5, 5.41) is 0. The van der Waals surface area contributed by atoms with Crippen molar-refractivity contribution in [1.29, 1.82) is 0 Å². The predicted molar refractivity (Wildman–Crippen MR) is 87.9 cm³/mol. The van der Waals surface area contributed by atoms with E-state index in [1.165, 1.54) is 5.56 Å². The summed E-state index contributed by atoms with van der Waals surface area (Å²) in [6, 6.07) is 13.7. The molecule has 22 heavy (non-hydrogen) atoms. The number of ether oxygens (including phenoxy) is 1. The molecule has 2 N–H and O–H groups in total. The van der Waals surface area contributed by atoms with Crippen LogP contribution in [0.3, 0.4) is 0 Å². The lowest BCUT2D eigenvalue weighted by Crippen LogP contribution is -2.14. The third kappa shape index (κ3) is 4.41. The molecule has 0 spiro atoms. The van der Waals surface area contributed by atoms with Gasteiger partial charge in [0.2, 0.25) is 0 Å². The monoisotopic (exact) mass is 319 g/mol. The highest BCUT2D eigenvalue weighted by atomic mass is 35.5. The molecule has 0 fully saturated rings. The van der Waals surface area contributed by atoms with Crippen molar-refractivity contribution in [3.8, 4) is 5.75 Å². The van der Waals surface area contributed by atoms with E-state index in [0.717, 1.165) is 6.42 Å². The molecule has 0 aliphatic carbocycles. The third-order valence-electron chi connectivity index (χ3n) is 3.17. The highest BCUT2D eigenvalue weighted by Gasteiger charge is 2.10. The summed E-state index contributed by atoms with van der Waals surface area (Å²) in [4.78, 5) is 23.4. The van der Waals surface area contributed by atoms with Crippen molar-refractivity contribution in [3.05, 3.63) is 65.2 Å². The van der Waals surface area contributed by atoms with Gasteiger partial charge in [0.25, 0.3) is 0 Å². The van der Waals surface area contributed by atoms with Crippen LogP contribution in [-0.2, 0) is 6.42 Å². The molecule has 116 valence electrons. The van der Waals surface area contributed by atoms with Gasteiger partial charge in [0.05, 0.1) is 12.1 Å². The number of hydrogen-bond acceptors (Lipinski definition) is 4. The molecule has 0 bridgehead atoms. The maximum atomic E-state index is 12.0. The van der Waals surface area contributed by atoms with Crippen LogP contribution in [-0.4, -0.2) is 18.3 Å². The van der Waals surface area contributed by atoms with E-state index in [0.29, 0.717) is 16.9 Å². The minimum atomic E-state index is -0.453. The van der Waals surface area contributed by atoms with Gasteiger partial charge in [-0.05, 0) is 36.2 Å². The second kappa shape index (κ2) is 8.32. The van der Waals surface area contributed by atoms with Crippen molar-refractivity contribution < 1.29 is 14.3 Å². The molecule has 0 saturated carbocycles. The SMILES string of the molecule is CCc1ccc(OC(=O)c2ccc(C(=O)CN)cc2)cc1.Cl. The van der Waals surface area contributed by atoms with E-state index in [-0.39, 0.29) is 24.7 Å². The lowest BCUT2D eigenvalue weighted by molar-refractivity contribution is 0.0734. The lowest BCUT2D eigenvalue weighted by Gasteiger charge is -2.06. The summed E-state index contributed by atoms with van der Waals surface area (Å²) in [6.07, 6.45) is 0.935. The number of rotatable bonds is 5. The molecule has 0 heterocycles. The molecule has 2 aromatic carbocycles. The summed E-state index contributed by atoms with van der Waals surface area (Å²) in [5.41, 5.74) is 7.35. The average molecular weight is 320 g/mol. The molecule has 0 unspecified atom stereocenters. The van der Waals surface area contributed by atoms with Crippen molar-refractivity contribution >= 4 is 24.2 Å². The van der Waals surface area contributed by atoms with E-state index in [2.05, 4.69) is 6.92 Å². The molecule has 0 atom stereocenters. The van der Waals surface area contributed by atoms with E-state index in [9.17, 15) is 9.59 Å². The number of Topliss-reactive ketones (excluding diaryl/α,β-unsaturated/α-hetero) is 1. The Morgan fingerprint density at radius 3 is 2.00 bits per heavy atom. The molecule has 2 rings (SSSR count). The number of carbonyl (C=O) groups excluding carboxylic acids is 2. The van der Waals surface area contributed by atoms with E-state index >= 15 is 0 Å². The quantitative estimate of drug-likeness (QED) is 0.522. The molecule has 0 radical (unpaired) electrons. The van der Waals surface area contributed by atoms with Gasteiger partial charge >= 0.3 is 5.97 Å². The van der Waals surface area contributed by atoms with Crippen LogP contribution in [0.25, 0.3) is 0 Å². The number of nitrogens with two attached hydrogens (primary N) is 1. The summed E-state index contributed by atoms with van der Waals surface area (Å²) >= 11 is 0. The first kappa shape index (κ1) is 17.9. The number of hydrogen-bond donors (Lipinski definition) is 1. The lowest BCUT2D eigenvalue weighted by atomic mass is 10.1. The number of aryl methyl sites for hydroxylation is 1. The zero-order valence-corrected chi connectivity index (χ0v) is 13.1. The Kier molecular flexibility index (Phi) is 6.76. The number of ketones is 1. The Morgan fingerprint density at radius 2 is 1.50 bits per heavy atom. The molecular weight excluding hydrogens is 302 g/mol. The Hall–Kier alpha value is -2.17. The first-order valence-electron chi connectivity index (χ1n) is 6.78. The van der Waals surface area contributed by atoms with Gasteiger partial charge in [-0.3, -0.25) is 4.79 Å². The zero-order valence-electron chi connectivity index (χ0n) is 12.2. The van der Waals surface area contributed by atoms with Gasteiger partial charge in [-0.1, -0.05) is 31.2 Å². The number of carbonyl (C=O) groups is 2. The Balaban J connectivity index is 0.00000242. The second-order valence-corrected chi connectivity index (χ2v) is 4.59. The van der Waals surface area contributed by atoms with Crippen molar-refractivity contribution in [1.82, 2.24) is 0 Å². The second-order valence-electron chi connectivity index (χ2n) is 4.59. The highest BCUT2D eigenvalue weighted by molar-refractivity contribution is 5.99. The minimum Gasteiger partial charge on any atom is -0.423 e. The molecule has 2 aromatic rings. The van der Waals surface area contributed by atoms with Crippen LogP contribution in [0.4, 0.5) is 0 Å². The van der Waals surface area contributed by atoms with Crippen molar-refractivity contribution in [3.63, 3.8) is 0 Å². The fourth-order valence-electron chi connectivity index (χ4n) is 1.87. The maximum Gasteiger partial charge on any atom is 0.343 e. The largest absolute Gasteiger partial charge is 0.423 e. The molecule has 0 saturated heterocycles. The van der Waals surface area contributed by atoms with Crippen LogP contribution in [0.5, 0.6) is 5.75 Å². The van der Waals surface area contributed by atoms with Gasteiger partial charge in [0.15, 0.2) is 5.78 Å². The van der Waals surface area contributed by atoms with E-state index in [4.69, 9.17) is 10.5 Å². The van der Waals surface area contributed by atoms with Gasteiger partial charge in [-0.15, -0.1) is 12.4 Å². The van der Waals surface area contributed by atoms with Gasteiger partial charge in [-0.25, -0.2) is 4.79 Å². The average Bonchev–Trinajstić information content (AvgIpc) is 2.55. The predicted octanol–water partition coefficient (Wildman–Crippen LogP) is 3.03. The molecule has 0 amide bonds. The van der Waals surface area contributed by atoms with E-state index in [1.54, 1.807) is 36.4 Å². The summed E-state index contributed by atoms with van der Waals surface area (Å²) in [7, 11) is 0. The van der Waals surface area contributed by atoms with Crippen LogP contribution in [0.1, 0.15) is 33.2 Å². The highest BCUT2D eigenvalue weighted by Crippen LogP contribution is 2.15. The van der Waals surface area contributed by atoms with Crippen LogP contribution in [0.15, 0.2) is 48.5 Å². The van der Waals surface area contributed by atoms with Crippen molar-refractivity contribution in [2.45, 2.75) is 13.3 Å². The molecule has 0 aromatic heterocycles. The first-order valence-corrected chi connectivity index (χ1v) is 6.78. The number of esters is 1. The van der Waals surface area contributed by atoms with Crippen LogP contribution < -0.4 is 10.5 Å². The standard InChI is InChI=1S/C17H17NO3.ClH/c1-2-12-3-9-15(10-4-12)21-17(20)14-7-5-13(6-8-14)16(19)11-18;/h3-10H,2,11,18H2,1H3;1H. The van der Waals surface area contributed by atoms with E-state index < -0.39 is 5.97 Å². The van der Waals surface area contributed by atoms with Gasteiger partial charge < -0.3 is 10.5 Å². The molecule has 5 heteroatoms. The van der Waals surface area contributed by atoms with Crippen LogP contribution in [0, 0.1) is 0 Å². The van der Waals surface area contributed by atoms with Gasteiger partial charge in [0.1, 0.15) is 5.75 Å². The molecule has 0 aliphatic rings. The normalized spacial score (nSPS) is 9.73. The zero-order chi connectivity index (χ0) is 15.2. The molecular formula is C17H18ClNO3. The smallest absolute Gasteiger partial charge is 0.343 e. The van der Waals surface area contributed by atoms with Crippen molar-refractivity contribution in [2.75, 3.05) is 6.54 Å². The van der Waals surface area contributed by atoms with Crippen LogP contribution >= 0.6 is 12.4 Å². The van der Waals surface area contributed by atoms with Crippen LogP contribution in [0.2, 0.25) is 0 Å². The Labute approximate surface area is 135 Å². The van der Waals surface area contributed by atoms with E-state index in [1.807, 2.05) is 12.1 Å². The fraction of sp³-hybridized carbons (Fsp3) is 0.176. The number of benzene rings is 2. The number of halogens is 1.